The number of carbonyl (C=O) groups is 2. The summed E-state index contributed by atoms with van der Waals surface area (Å²) in [5.41, 5.74) is 2.32. The third kappa shape index (κ3) is 3.52. The summed E-state index contributed by atoms with van der Waals surface area (Å²) in [6.45, 7) is 4.07. The van der Waals surface area contributed by atoms with E-state index in [4.69, 9.17) is 0 Å². The highest BCUT2D eigenvalue weighted by Gasteiger charge is 2.31. The van der Waals surface area contributed by atoms with Gasteiger partial charge in [0.15, 0.2) is 0 Å². The van der Waals surface area contributed by atoms with Gasteiger partial charge in [0.25, 0.3) is 5.91 Å². The summed E-state index contributed by atoms with van der Waals surface area (Å²) >= 11 is 0. The van der Waals surface area contributed by atoms with Crippen LogP contribution in [0, 0.1) is 5.92 Å². The normalized spacial score (nSPS) is 18.7. The van der Waals surface area contributed by atoms with Gasteiger partial charge in [-0.2, -0.15) is 0 Å². The molecule has 3 heterocycles. The molecule has 150 valence electrons. The number of H-pyrrole nitrogens is 1. The Morgan fingerprint density at radius 1 is 1.24 bits per heavy atom. The van der Waals surface area contributed by atoms with Crippen molar-refractivity contribution < 1.29 is 9.59 Å². The SMILES string of the molecule is CC1c2nc(CC(=O)NCC3CC3)cn2CCN1C(=O)c1cc2ccccc2[nH]1. The van der Waals surface area contributed by atoms with Crippen LogP contribution in [-0.2, 0) is 17.8 Å². The van der Waals surface area contributed by atoms with Crippen LogP contribution in [0.25, 0.3) is 10.9 Å². The molecule has 0 bridgehead atoms. The van der Waals surface area contributed by atoms with Crippen molar-refractivity contribution in [2.45, 2.75) is 38.8 Å². The van der Waals surface area contributed by atoms with Crippen LogP contribution in [0.15, 0.2) is 36.5 Å². The molecule has 2 aliphatic rings. The molecule has 1 unspecified atom stereocenters. The number of para-hydroxylation sites is 1. The fourth-order valence-corrected chi connectivity index (χ4v) is 4.06. The average Bonchev–Trinajstić information content (AvgIpc) is 3.29. The summed E-state index contributed by atoms with van der Waals surface area (Å²) < 4.78 is 2.07. The number of benzene rings is 1. The molecule has 1 fully saturated rings. The number of imidazole rings is 1. The zero-order valence-corrected chi connectivity index (χ0v) is 16.5. The van der Waals surface area contributed by atoms with Crippen LogP contribution in [0.5, 0.6) is 0 Å². The Labute approximate surface area is 169 Å². The Morgan fingerprint density at radius 3 is 2.86 bits per heavy atom. The first-order valence-electron chi connectivity index (χ1n) is 10.3. The number of nitrogens with zero attached hydrogens (tertiary/aromatic N) is 3. The number of hydrogen-bond donors (Lipinski definition) is 2. The summed E-state index contributed by atoms with van der Waals surface area (Å²) in [5.74, 6) is 1.50. The van der Waals surface area contributed by atoms with Crippen LogP contribution in [0.2, 0.25) is 0 Å². The molecular formula is C22H25N5O2. The number of hydrogen-bond acceptors (Lipinski definition) is 3. The second kappa shape index (κ2) is 7.06. The van der Waals surface area contributed by atoms with Crippen LogP contribution >= 0.6 is 0 Å². The van der Waals surface area contributed by atoms with Gasteiger partial charge in [0, 0.05) is 36.7 Å². The molecule has 0 radical (unpaired) electrons. The second-order valence-corrected chi connectivity index (χ2v) is 8.15. The molecule has 0 saturated heterocycles. The second-order valence-electron chi connectivity index (χ2n) is 8.15. The number of aromatic nitrogens is 3. The standard InChI is InChI=1S/C22H25N5O2/c1-14-21-24-17(11-20(28)23-12-15-6-7-15)13-26(21)8-9-27(14)22(29)19-10-16-4-2-3-5-18(16)25-19/h2-5,10,13-15,25H,6-9,11-12H2,1H3,(H,23,28). The minimum absolute atomic E-state index is 0.0195. The third-order valence-electron chi connectivity index (χ3n) is 5.93. The van der Waals surface area contributed by atoms with Crippen molar-refractivity contribution in [3.63, 3.8) is 0 Å². The smallest absolute Gasteiger partial charge is 0.270 e. The molecule has 2 amide bonds. The molecule has 2 aromatic heterocycles. The van der Waals surface area contributed by atoms with Gasteiger partial charge in [-0.3, -0.25) is 9.59 Å². The van der Waals surface area contributed by atoms with E-state index in [0.29, 0.717) is 24.7 Å². The molecule has 0 spiro atoms. The van der Waals surface area contributed by atoms with E-state index in [-0.39, 0.29) is 24.3 Å². The first-order valence-corrected chi connectivity index (χ1v) is 10.3. The molecule has 7 nitrogen and oxygen atoms in total. The third-order valence-corrected chi connectivity index (χ3v) is 5.93. The molecule has 1 aromatic carbocycles. The Hall–Kier alpha value is -3.09. The number of rotatable bonds is 5. The Kier molecular flexibility index (Phi) is 4.38. The number of fused-ring (bicyclic) bond motifs is 2. The van der Waals surface area contributed by atoms with Gasteiger partial charge in [-0.25, -0.2) is 4.98 Å². The van der Waals surface area contributed by atoms with E-state index in [2.05, 4.69) is 19.9 Å². The van der Waals surface area contributed by atoms with Gasteiger partial charge in [-0.15, -0.1) is 0 Å². The first kappa shape index (κ1) is 18.0. The molecule has 3 aromatic rings. The highest BCUT2D eigenvalue weighted by Crippen LogP contribution is 2.28. The molecule has 1 atom stereocenters. The molecule has 29 heavy (non-hydrogen) atoms. The topological polar surface area (TPSA) is 83.0 Å². The summed E-state index contributed by atoms with van der Waals surface area (Å²) in [6, 6.07) is 9.64. The fourth-order valence-electron chi connectivity index (χ4n) is 4.06. The molecular weight excluding hydrogens is 366 g/mol. The van der Waals surface area contributed by atoms with Crippen molar-refractivity contribution in [2.24, 2.45) is 5.92 Å². The van der Waals surface area contributed by atoms with E-state index >= 15 is 0 Å². The summed E-state index contributed by atoms with van der Waals surface area (Å²) in [4.78, 5) is 35.0. The van der Waals surface area contributed by atoms with E-state index in [1.165, 1.54) is 12.8 Å². The van der Waals surface area contributed by atoms with Crippen molar-refractivity contribution in [1.82, 2.24) is 24.8 Å². The molecule has 7 heteroatoms. The lowest BCUT2D eigenvalue weighted by atomic mass is 10.2. The van der Waals surface area contributed by atoms with Crippen molar-refractivity contribution in [2.75, 3.05) is 13.1 Å². The molecule has 1 aliphatic heterocycles. The maximum atomic E-state index is 13.1. The molecule has 1 saturated carbocycles. The van der Waals surface area contributed by atoms with Gasteiger partial charge in [-0.1, -0.05) is 18.2 Å². The summed E-state index contributed by atoms with van der Waals surface area (Å²) in [5, 5.41) is 4.02. The Bertz CT molecular complexity index is 1050. The lowest BCUT2D eigenvalue weighted by molar-refractivity contribution is -0.120. The predicted octanol–water partition coefficient (Wildman–Crippen LogP) is 2.65. The summed E-state index contributed by atoms with van der Waals surface area (Å²) in [6.07, 6.45) is 4.68. The highest BCUT2D eigenvalue weighted by molar-refractivity contribution is 5.98. The number of nitrogens with one attached hydrogen (secondary N) is 2. The zero-order valence-electron chi connectivity index (χ0n) is 16.5. The molecule has 5 rings (SSSR count). The van der Waals surface area contributed by atoms with Crippen LogP contribution < -0.4 is 5.32 Å². The lowest BCUT2D eigenvalue weighted by Gasteiger charge is -2.33. The van der Waals surface area contributed by atoms with Crippen LogP contribution in [0.4, 0.5) is 0 Å². The van der Waals surface area contributed by atoms with E-state index in [1.54, 1.807) is 0 Å². The van der Waals surface area contributed by atoms with Crippen LogP contribution in [-0.4, -0.2) is 44.3 Å². The van der Waals surface area contributed by atoms with Gasteiger partial charge in [0.05, 0.1) is 18.2 Å². The van der Waals surface area contributed by atoms with Gasteiger partial charge in [-0.05, 0) is 37.8 Å². The Balaban J connectivity index is 1.30. The zero-order chi connectivity index (χ0) is 20.0. The molecule has 1 aliphatic carbocycles. The van der Waals surface area contributed by atoms with Crippen molar-refractivity contribution >= 4 is 22.7 Å². The van der Waals surface area contributed by atoms with Crippen molar-refractivity contribution in [1.29, 1.82) is 0 Å². The quantitative estimate of drug-likeness (QED) is 0.701. The maximum absolute atomic E-state index is 13.1. The lowest BCUT2D eigenvalue weighted by Crippen LogP contribution is -2.41. The van der Waals surface area contributed by atoms with Crippen LogP contribution in [0.1, 0.15) is 47.8 Å². The van der Waals surface area contributed by atoms with E-state index < -0.39 is 0 Å². The number of carbonyl (C=O) groups excluding carboxylic acids is 2. The Morgan fingerprint density at radius 2 is 2.07 bits per heavy atom. The minimum atomic E-state index is -0.147. The minimum Gasteiger partial charge on any atom is -0.355 e. The summed E-state index contributed by atoms with van der Waals surface area (Å²) in [7, 11) is 0. The number of amides is 2. The largest absolute Gasteiger partial charge is 0.355 e. The van der Waals surface area contributed by atoms with Crippen molar-refractivity contribution in [3.8, 4) is 0 Å². The predicted molar refractivity (Wildman–Crippen MR) is 109 cm³/mol. The van der Waals surface area contributed by atoms with Gasteiger partial charge < -0.3 is 19.8 Å². The maximum Gasteiger partial charge on any atom is 0.270 e. The van der Waals surface area contributed by atoms with E-state index in [9.17, 15) is 9.59 Å². The molecule has 2 N–H and O–H groups in total. The van der Waals surface area contributed by atoms with E-state index in [1.807, 2.05) is 48.4 Å². The van der Waals surface area contributed by atoms with Crippen molar-refractivity contribution in [3.05, 3.63) is 53.7 Å². The average molecular weight is 391 g/mol. The highest BCUT2D eigenvalue weighted by atomic mass is 16.2. The van der Waals surface area contributed by atoms with Gasteiger partial charge >= 0.3 is 0 Å². The van der Waals surface area contributed by atoms with Crippen LogP contribution in [0.3, 0.4) is 0 Å². The monoisotopic (exact) mass is 391 g/mol. The van der Waals surface area contributed by atoms with Gasteiger partial charge in [0.2, 0.25) is 5.91 Å². The van der Waals surface area contributed by atoms with E-state index in [0.717, 1.165) is 29.0 Å². The fraction of sp³-hybridized carbons (Fsp3) is 0.409. The number of aromatic amines is 1. The van der Waals surface area contributed by atoms with Gasteiger partial charge in [0.1, 0.15) is 11.5 Å². The first-order chi connectivity index (χ1) is 14.1.